The number of carbonyl (C=O) groups excluding carboxylic acids is 1. The summed E-state index contributed by atoms with van der Waals surface area (Å²) in [6.07, 6.45) is 1.17. The molecule has 0 aliphatic carbocycles. The Bertz CT molecular complexity index is 320. The van der Waals surface area contributed by atoms with Gasteiger partial charge < -0.3 is 5.73 Å². The molecule has 0 saturated carbocycles. The Labute approximate surface area is 85.1 Å². The summed E-state index contributed by atoms with van der Waals surface area (Å²) in [7, 11) is 0. The number of aryl methyl sites for hydroxylation is 1. The van der Waals surface area contributed by atoms with E-state index in [4.69, 9.17) is 5.73 Å². The Morgan fingerprint density at radius 3 is 2.79 bits per heavy atom. The number of nitrogens with two attached hydrogens (primary N) is 1. The molecule has 1 aromatic carbocycles. The molecular weight excluding hydrogens is 174 g/mol. The lowest BCUT2D eigenvalue weighted by Crippen LogP contribution is -2.30. The van der Waals surface area contributed by atoms with Crippen molar-refractivity contribution in [1.82, 2.24) is 0 Å². The molecule has 1 atom stereocenters. The molecule has 0 heterocycles. The second-order valence-corrected chi connectivity index (χ2v) is 3.65. The summed E-state index contributed by atoms with van der Waals surface area (Å²) in [6, 6.07) is 7.67. The monoisotopic (exact) mass is 191 g/mol. The van der Waals surface area contributed by atoms with Crippen LogP contribution in [0, 0.1) is 6.92 Å². The molecule has 76 valence electrons. The smallest absolute Gasteiger partial charge is 0.153 e. The van der Waals surface area contributed by atoms with E-state index in [0.717, 1.165) is 5.56 Å². The number of hydrogen-bond donors (Lipinski definition) is 1. The molecule has 14 heavy (non-hydrogen) atoms. The maximum absolute atomic E-state index is 11.5. The summed E-state index contributed by atoms with van der Waals surface area (Å²) in [6.45, 7) is 3.95. The van der Waals surface area contributed by atoms with Gasteiger partial charge in [0.2, 0.25) is 0 Å². The highest BCUT2D eigenvalue weighted by Crippen LogP contribution is 2.06. The fourth-order valence-electron chi connectivity index (χ4n) is 1.38. The van der Waals surface area contributed by atoms with E-state index < -0.39 is 0 Å². The van der Waals surface area contributed by atoms with Crippen molar-refractivity contribution in [3.63, 3.8) is 0 Å². The van der Waals surface area contributed by atoms with E-state index in [1.807, 2.05) is 38.1 Å². The number of hydrogen-bond acceptors (Lipinski definition) is 2. The lowest BCUT2D eigenvalue weighted by molar-refractivity contribution is -0.119. The molecule has 0 radical (unpaired) electrons. The maximum atomic E-state index is 11.5. The molecule has 0 saturated heterocycles. The third-order valence-electron chi connectivity index (χ3n) is 2.31. The lowest BCUT2D eigenvalue weighted by Gasteiger charge is -2.07. The highest BCUT2D eigenvalue weighted by atomic mass is 16.1. The molecule has 1 unspecified atom stereocenters. The van der Waals surface area contributed by atoms with Gasteiger partial charge in [0, 0.05) is 6.42 Å². The Balaban J connectivity index is 2.65. The van der Waals surface area contributed by atoms with Gasteiger partial charge in [-0.1, -0.05) is 36.8 Å². The van der Waals surface area contributed by atoms with Crippen LogP contribution < -0.4 is 5.73 Å². The van der Waals surface area contributed by atoms with Gasteiger partial charge >= 0.3 is 0 Å². The first-order valence-corrected chi connectivity index (χ1v) is 4.97. The van der Waals surface area contributed by atoms with Crippen molar-refractivity contribution in [2.45, 2.75) is 32.7 Å². The van der Waals surface area contributed by atoms with Crippen molar-refractivity contribution in [3.05, 3.63) is 35.4 Å². The highest BCUT2D eigenvalue weighted by molar-refractivity contribution is 5.85. The summed E-state index contributed by atoms with van der Waals surface area (Å²) >= 11 is 0. The van der Waals surface area contributed by atoms with Crippen LogP contribution in [0.4, 0.5) is 0 Å². The van der Waals surface area contributed by atoms with Crippen LogP contribution in [0.1, 0.15) is 24.5 Å². The minimum atomic E-state index is -0.310. The van der Waals surface area contributed by atoms with E-state index in [2.05, 4.69) is 0 Å². The first-order chi connectivity index (χ1) is 6.63. The summed E-state index contributed by atoms with van der Waals surface area (Å²) in [5.41, 5.74) is 7.89. The number of ketones is 1. The van der Waals surface area contributed by atoms with Crippen molar-refractivity contribution >= 4 is 5.78 Å². The summed E-state index contributed by atoms with van der Waals surface area (Å²) < 4.78 is 0. The van der Waals surface area contributed by atoms with E-state index in [1.165, 1.54) is 5.56 Å². The molecule has 0 amide bonds. The van der Waals surface area contributed by atoms with Gasteiger partial charge in [0.1, 0.15) is 0 Å². The minimum Gasteiger partial charge on any atom is -0.322 e. The molecule has 0 fully saturated rings. The average molecular weight is 191 g/mol. The zero-order chi connectivity index (χ0) is 10.6. The van der Waals surface area contributed by atoms with Crippen molar-refractivity contribution in [1.29, 1.82) is 0 Å². The van der Waals surface area contributed by atoms with Gasteiger partial charge in [-0.25, -0.2) is 0 Å². The quantitative estimate of drug-likeness (QED) is 0.789. The molecule has 0 spiro atoms. The third kappa shape index (κ3) is 2.96. The normalized spacial score (nSPS) is 12.5. The van der Waals surface area contributed by atoms with Gasteiger partial charge in [0.15, 0.2) is 5.78 Å². The maximum Gasteiger partial charge on any atom is 0.153 e. The van der Waals surface area contributed by atoms with Crippen molar-refractivity contribution in [2.24, 2.45) is 5.73 Å². The first kappa shape index (κ1) is 10.9. The van der Waals surface area contributed by atoms with E-state index >= 15 is 0 Å². The van der Waals surface area contributed by atoms with E-state index in [1.54, 1.807) is 0 Å². The topological polar surface area (TPSA) is 43.1 Å². The van der Waals surface area contributed by atoms with Crippen LogP contribution in [-0.2, 0) is 11.2 Å². The van der Waals surface area contributed by atoms with Crippen LogP contribution in [0.3, 0.4) is 0 Å². The number of carbonyl (C=O) groups is 1. The van der Waals surface area contributed by atoms with Gasteiger partial charge in [-0.05, 0) is 18.9 Å². The highest BCUT2D eigenvalue weighted by Gasteiger charge is 2.11. The van der Waals surface area contributed by atoms with Gasteiger partial charge in [-0.3, -0.25) is 4.79 Å². The molecule has 0 bridgehead atoms. The Morgan fingerprint density at radius 1 is 1.50 bits per heavy atom. The number of rotatable bonds is 4. The average Bonchev–Trinajstić information content (AvgIpc) is 2.16. The summed E-state index contributed by atoms with van der Waals surface area (Å²) in [5.74, 6) is 0.123. The third-order valence-corrected chi connectivity index (χ3v) is 2.31. The van der Waals surface area contributed by atoms with Crippen LogP contribution in [0.15, 0.2) is 24.3 Å². The van der Waals surface area contributed by atoms with Crippen LogP contribution in [-0.4, -0.2) is 11.8 Å². The van der Waals surface area contributed by atoms with Gasteiger partial charge in [0.05, 0.1) is 6.04 Å². The number of Topliss-reactive ketones (excluding diaryl/α,β-unsaturated/α-hetero) is 1. The molecule has 1 rings (SSSR count). The van der Waals surface area contributed by atoms with E-state index in [0.29, 0.717) is 12.8 Å². The molecule has 0 aliphatic rings. The second kappa shape index (κ2) is 4.91. The summed E-state index contributed by atoms with van der Waals surface area (Å²) in [5, 5.41) is 0. The predicted octanol–water partition coefficient (Wildman–Crippen LogP) is 1.84. The van der Waals surface area contributed by atoms with Gasteiger partial charge in [-0.2, -0.15) is 0 Å². The van der Waals surface area contributed by atoms with Crippen LogP contribution in [0.5, 0.6) is 0 Å². The Kier molecular flexibility index (Phi) is 3.84. The predicted molar refractivity (Wildman–Crippen MR) is 58.2 cm³/mol. The van der Waals surface area contributed by atoms with E-state index in [9.17, 15) is 4.79 Å². The number of benzene rings is 1. The van der Waals surface area contributed by atoms with Crippen LogP contribution >= 0.6 is 0 Å². The second-order valence-electron chi connectivity index (χ2n) is 3.65. The van der Waals surface area contributed by atoms with Gasteiger partial charge in [0.25, 0.3) is 0 Å². The van der Waals surface area contributed by atoms with Crippen LogP contribution in [0.25, 0.3) is 0 Å². The molecule has 0 aromatic heterocycles. The van der Waals surface area contributed by atoms with E-state index in [-0.39, 0.29) is 11.8 Å². The molecule has 2 heteroatoms. The fourth-order valence-corrected chi connectivity index (χ4v) is 1.38. The molecule has 2 N–H and O–H groups in total. The van der Waals surface area contributed by atoms with Gasteiger partial charge in [-0.15, -0.1) is 0 Å². The molecular formula is C12H17NO. The zero-order valence-electron chi connectivity index (χ0n) is 8.79. The standard InChI is InChI=1S/C12H17NO/c1-3-11(13)12(14)8-10-6-4-5-9(2)7-10/h4-7,11H,3,8,13H2,1-2H3. The molecule has 1 aromatic rings. The fraction of sp³-hybridized carbons (Fsp3) is 0.417. The van der Waals surface area contributed by atoms with Crippen molar-refractivity contribution < 1.29 is 4.79 Å². The summed E-state index contributed by atoms with van der Waals surface area (Å²) in [4.78, 5) is 11.5. The zero-order valence-corrected chi connectivity index (χ0v) is 8.79. The largest absolute Gasteiger partial charge is 0.322 e. The Morgan fingerprint density at radius 2 is 2.21 bits per heavy atom. The first-order valence-electron chi connectivity index (χ1n) is 4.97. The Hall–Kier alpha value is -1.15. The van der Waals surface area contributed by atoms with Crippen molar-refractivity contribution in [2.75, 3.05) is 0 Å². The minimum absolute atomic E-state index is 0.123. The SMILES string of the molecule is CCC(N)C(=O)Cc1cccc(C)c1. The molecule has 0 aliphatic heterocycles. The van der Waals surface area contributed by atoms with Crippen LogP contribution in [0.2, 0.25) is 0 Å². The van der Waals surface area contributed by atoms with Crippen molar-refractivity contribution in [3.8, 4) is 0 Å². The molecule has 2 nitrogen and oxygen atoms in total. The lowest BCUT2D eigenvalue weighted by atomic mass is 10.0.